The second kappa shape index (κ2) is 5.68. The summed E-state index contributed by atoms with van der Waals surface area (Å²) in [5, 5.41) is 3.72. The minimum Gasteiger partial charge on any atom is -0.310 e. The first-order valence-electron chi connectivity index (χ1n) is 6.94. The topological polar surface area (TPSA) is 12.0 Å². The van der Waals surface area contributed by atoms with E-state index in [2.05, 4.69) is 50.4 Å². The number of hydrogen-bond donors (Lipinski definition) is 1. The molecule has 0 heterocycles. The number of hydrogen-bond acceptors (Lipinski definition) is 1. The molecule has 1 aromatic carbocycles. The van der Waals surface area contributed by atoms with Crippen LogP contribution in [0.5, 0.6) is 0 Å². The van der Waals surface area contributed by atoms with Gasteiger partial charge in [0, 0.05) is 12.6 Å². The lowest BCUT2D eigenvalue weighted by Gasteiger charge is -2.32. The van der Waals surface area contributed by atoms with Gasteiger partial charge in [0.25, 0.3) is 0 Å². The molecule has 1 saturated carbocycles. The van der Waals surface area contributed by atoms with Crippen LogP contribution in [-0.4, -0.2) is 6.04 Å². The van der Waals surface area contributed by atoms with Gasteiger partial charge in [-0.05, 0) is 43.6 Å². The van der Waals surface area contributed by atoms with Gasteiger partial charge in [-0.25, -0.2) is 0 Å². The molecule has 0 spiro atoms. The molecule has 1 aromatic rings. The highest BCUT2D eigenvalue weighted by Gasteiger charge is 2.23. The van der Waals surface area contributed by atoms with Gasteiger partial charge < -0.3 is 5.32 Å². The van der Waals surface area contributed by atoms with Crippen LogP contribution in [0.4, 0.5) is 0 Å². The number of rotatable bonds is 3. The van der Waals surface area contributed by atoms with E-state index in [-0.39, 0.29) is 0 Å². The van der Waals surface area contributed by atoms with E-state index in [0.717, 1.165) is 24.4 Å². The van der Waals surface area contributed by atoms with Crippen molar-refractivity contribution >= 4 is 0 Å². The highest BCUT2D eigenvalue weighted by atomic mass is 14.9. The van der Waals surface area contributed by atoms with Gasteiger partial charge in [0.05, 0.1) is 0 Å². The molecule has 1 N–H and O–H groups in total. The van der Waals surface area contributed by atoms with Crippen molar-refractivity contribution < 1.29 is 0 Å². The summed E-state index contributed by atoms with van der Waals surface area (Å²) in [4.78, 5) is 0. The molecule has 17 heavy (non-hydrogen) atoms. The molecule has 2 rings (SSSR count). The van der Waals surface area contributed by atoms with Crippen molar-refractivity contribution in [1.29, 1.82) is 0 Å². The molecule has 3 atom stereocenters. The second-order valence-corrected chi connectivity index (χ2v) is 5.83. The predicted molar refractivity (Wildman–Crippen MR) is 74.0 cm³/mol. The fourth-order valence-corrected chi connectivity index (χ4v) is 2.82. The summed E-state index contributed by atoms with van der Waals surface area (Å²) < 4.78 is 0. The predicted octanol–water partition coefficient (Wildman–Crippen LogP) is 3.91. The largest absolute Gasteiger partial charge is 0.310 e. The van der Waals surface area contributed by atoms with Crippen LogP contribution in [0.1, 0.15) is 44.2 Å². The van der Waals surface area contributed by atoms with Gasteiger partial charge in [0.2, 0.25) is 0 Å². The standard InChI is InChI=1S/C16H25N/c1-12-5-4-6-15(9-12)11-17-16-8-7-13(2)14(3)10-16/h4-6,9,13-14,16-17H,7-8,10-11H2,1-3H3. The molecule has 0 radical (unpaired) electrons. The Morgan fingerprint density at radius 2 is 2.00 bits per heavy atom. The third-order valence-corrected chi connectivity index (χ3v) is 4.28. The lowest BCUT2D eigenvalue weighted by molar-refractivity contribution is 0.225. The normalized spacial score (nSPS) is 29.2. The molecule has 1 fully saturated rings. The lowest BCUT2D eigenvalue weighted by atomic mass is 9.79. The SMILES string of the molecule is Cc1cccc(CNC2CCC(C)C(C)C2)c1. The van der Waals surface area contributed by atoms with Gasteiger partial charge in [-0.15, -0.1) is 0 Å². The van der Waals surface area contributed by atoms with Crippen LogP contribution in [0.15, 0.2) is 24.3 Å². The van der Waals surface area contributed by atoms with Gasteiger partial charge in [0.15, 0.2) is 0 Å². The van der Waals surface area contributed by atoms with Crippen molar-refractivity contribution in [2.24, 2.45) is 11.8 Å². The maximum absolute atomic E-state index is 3.72. The van der Waals surface area contributed by atoms with E-state index in [1.807, 2.05) is 0 Å². The van der Waals surface area contributed by atoms with E-state index in [9.17, 15) is 0 Å². The smallest absolute Gasteiger partial charge is 0.0208 e. The molecule has 0 aliphatic heterocycles. The fraction of sp³-hybridized carbons (Fsp3) is 0.625. The maximum Gasteiger partial charge on any atom is 0.0208 e. The Morgan fingerprint density at radius 3 is 2.71 bits per heavy atom. The molecule has 0 bridgehead atoms. The second-order valence-electron chi connectivity index (χ2n) is 5.83. The minimum absolute atomic E-state index is 0.724. The molecular weight excluding hydrogens is 206 g/mol. The third-order valence-electron chi connectivity index (χ3n) is 4.28. The van der Waals surface area contributed by atoms with Crippen molar-refractivity contribution in [2.45, 2.75) is 52.6 Å². The van der Waals surface area contributed by atoms with Crippen molar-refractivity contribution in [3.05, 3.63) is 35.4 Å². The Morgan fingerprint density at radius 1 is 1.18 bits per heavy atom. The number of benzene rings is 1. The van der Waals surface area contributed by atoms with E-state index in [1.54, 1.807) is 0 Å². The number of aryl methyl sites for hydroxylation is 1. The van der Waals surface area contributed by atoms with Crippen LogP contribution in [0.25, 0.3) is 0 Å². The van der Waals surface area contributed by atoms with Crippen LogP contribution in [0.3, 0.4) is 0 Å². The number of nitrogens with one attached hydrogen (secondary N) is 1. The van der Waals surface area contributed by atoms with Gasteiger partial charge in [-0.1, -0.05) is 43.7 Å². The zero-order valence-corrected chi connectivity index (χ0v) is 11.4. The van der Waals surface area contributed by atoms with Gasteiger partial charge in [0.1, 0.15) is 0 Å². The van der Waals surface area contributed by atoms with E-state index < -0.39 is 0 Å². The summed E-state index contributed by atoms with van der Waals surface area (Å²) in [6, 6.07) is 9.53. The fourth-order valence-electron chi connectivity index (χ4n) is 2.82. The Bertz CT molecular complexity index is 358. The molecular formula is C16H25N. The van der Waals surface area contributed by atoms with E-state index in [0.29, 0.717) is 0 Å². The molecule has 94 valence electrons. The zero-order valence-electron chi connectivity index (χ0n) is 11.4. The Labute approximate surface area is 106 Å². The summed E-state index contributed by atoms with van der Waals surface area (Å²) in [7, 11) is 0. The first-order valence-corrected chi connectivity index (χ1v) is 6.94. The molecule has 1 aliphatic carbocycles. The van der Waals surface area contributed by atoms with E-state index in [1.165, 1.54) is 30.4 Å². The first kappa shape index (κ1) is 12.6. The average Bonchev–Trinajstić information content (AvgIpc) is 2.31. The van der Waals surface area contributed by atoms with Crippen molar-refractivity contribution in [3.8, 4) is 0 Å². The Balaban J connectivity index is 1.82. The summed E-state index contributed by atoms with van der Waals surface area (Å²) in [5.41, 5.74) is 2.77. The van der Waals surface area contributed by atoms with Crippen LogP contribution < -0.4 is 5.32 Å². The van der Waals surface area contributed by atoms with Gasteiger partial charge in [-0.3, -0.25) is 0 Å². The van der Waals surface area contributed by atoms with Crippen LogP contribution >= 0.6 is 0 Å². The molecule has 0 amide bonds. The molecule has 1 nitrogen and oxygen atoms in total. The monoisotopic (exact) mass is 231 g/mol. The van der Waals surface area contributed by atoms with Gasteiger partial charge in [-0.2, -0.15) is 0 Å². The highest BCUT2D eigenvalue weighted by Crippen LogP contribution is 2.29. The van der Waals surface area contributed by atoms with Crippen LogP contribution in [-0.2, 0) is 6.54 Å². The van der Waals surface area contributed by atoms with Gasteiger partial charge >= 0.3 is 0 Å². The molecule has 1 heteroatoms. The molecule has 3 unspecified atom stereocenters. The van der Waals surface area contributed by atoms with Crippen molar-refractivity contribution in [3.63, 3.8) is 0 Å². The van der Waals surface area contributed by atoms with Crippen molar-refractivity contribution in [1.82, 2.24) is 5.32 Å². The Hall–Kier alpha value is -0.820. The quantitative estimate of drug-likeness (QED) is 0.831. The summed E-state index contributed by atoms with van der Waals surface area (Å²) in [5.74, 6) is 1.78. The van der Waals surface area contributed by atoms with E-state index in [4.69, 9.17) is 0 Å². The molecule has 0 aromatic heterocycles. The average molecular weight is 231 g/mol. The Kier molecular flexibility index (Phi) is 4.22. The minimum atomic E-state index is 0.724. The first-order chi connectivity index (χ1) is 8.15. The van der Waals surface area contributed by atoms with Crippen molar-refractivity contribution in [2.75, 3.05) is 0 Å². The highest BCUT2D eigenvalue weighted by molar-refractivity contribution is 5.22. The lowest BCUT2D eigenvalue weighted by Crippen LogP contribution is -2.35. The third kappa shape index (κ3) is 3.57. The summed E-state index contributed by atoms with van der Waals surface area (Å²) in [6.45, 7) is 7.97. The van der Waals surface area contributed by atoms with Crippen LogP contribution in [0.2, 0.25) is 0 Å². The maximum atomic E-state index is 3.72. The summed E-state index contributed by atoms with van der Waals surface area (Å²) in [6.07, 6.45) is 4.07. The zero-order chi connectivity index (χ0) is 12.3. The molecule has 0 saturated heterocycles. The molecule has 1 aliphatic rings. The summed E-state index contributed by atoms with van der Waals surface area (Å²) >= 11 is 0. The van der Waals surface area contributed by atoms with Crippen LogP contribution in [0, 0.1) is 18.8 Å². The van der Waals surface area contributed by atoms with E-state index >= 15 is 0 Å².